The van der Waals surface area contributed by atoms with Crippen molar-refractivity contribution in [3.05, 3.63) is 16.6 Å². The largest absolute Gasteiger partial charge is 0.381 e. The van der Waals surface area contributed by atoms with Gasteiger partial charge in [-0.3, -0.25) is 4.98 Å². The molecule has 5 heteroatoms. The summed E-state index contributed by atoms with van der Waals surface area (Å²) in [5.41, 5.74) is 1.98. The standard InChI is InChI=1S/C13H20N2O2S/c1-4-17-13(2-5-16-6-3-13)7-11(1)15-9-12-8-14-10-18-12/h8,10-11,15H,1-7,9H2. The molecule has 0 aliphatic carbocycles. The van der Waals surface area contributed by atoms with Crippen LogP contribution in [0.1, 0.15) is 30.6 Å². The molecule has 4 nitrogen and oxygen atoms in total. The molecule has 1 atom stereocenters. The first-order valence-electron chi connectivity index (χ1n) is 6.69. The zero-order valence-electron chi connectivity index (χ0n) is 10.6. The van der Waals surface area contributed by atoms with Crippen LogP contribution < -0.4 is 5.32 Å². The topological polar surface area (TPSA) is 43.4 Å². The van der Waals surface area contributed by atoms with E-state index in [0.29, 0.717) is 6.04 Å². The number of nitrogens with zero attached hydrogens (tertiary/aromatic N) is 1. The van der Waals surface area contributed by atoms with E-state index in [4.69, 9.17) is 9.47 Å². The second-order valence-electron chi connectivity index (χ2n) is 5.18. The third kappa shape index (κ3) is 2.91. The third-order valence-electron chi connectivity index (χ3n) is 3.95. The molecule has 3 heterocycles. The highest BCUT2D eigenvalue weighted by Gasteiger charge is 2.38. The second kappa shape index (κ2) is 5.65. The van der Waals surface area contributed by atoms with E-state index >= 15 is 0 Å². The third-order valence-corrected chi connectivity index (χ3v) is 4.73. The van der Waals surface area contributed by atoms with Crippen LogP contribution in [0.3, 0.4) is 0 Å². The summed E-state index contributed by atoms with van der Waals surface area (Å²) in [6.45, 7) is 3.51. The first kappa shape index (κ1) is 12.5. The van der Waals surface area contributed by atoms with Crippen LogP contribution in [0.15, 0.2) is 11.7 Å². The Morgan fingerprint density at radius 3 is 3.06 bits per heavy atom. The highest BCUT2D eigenvalue weighted by atomic mass is 32.1. The smallest absolute Gasteiger partial charge is 0.0794 e. The molecule has 3 rings (SSSR count). The fourth-order valence-corrected chi connectivity index (χ4v) is 3.41. The lowest BCUT2D eigenvalue weighted by Crippen LogP contribution is -2.49. The number of rotatable bonds is 3. The van der Waals surface area contributed by atoms with Crippen LogP contribution >= 0.6 is 11.3 Å². The van der Waals surface area contributed by atoms with E-state index in [0.717, 1.165) is 52.0 Å². The summed E-state index contributed by atoms with van der Waals surface area (Å²) >= 11 is 1.71. The minimum Gasteiger partial charge on any atom is -0.381 e. The number of thiazole rings is 1. The molecule has 1 unspecified atom stereocenters. The average Bonchev–Trinajstić information content (AvgIpc) is 2.91. The lowest BCUT2D eigenvalue weighted by molar-refractivity contribution is -0.140. The molecular formula is C13H20N2O2S. The molecule has 1 N–H and O–H groups in total. The Balaban J connectivity index is 1.53. The van der Waals surface area contributed by atoms with Gasteiger partial charge >= 0.3 is 0 Å². The predicted molar refractivity (Wildman–Crippen MR) is 70.7 cm³/mol. The molecule has 2 saturated heterocycles. The molecule has 2 aliphatic heterocycles. The van der Waals surface area contributed by atoms with Gasteiger partial charge in [0.05, 0.1) is 11.1 Å². The molecule has 18 heavy (non-hydrogen) atoms. The fourth-order valence-electron chi connectivity index (χ4n) is 2.87. The molecule has 1 aromatic rings. The SMILES string of the molecule is c1ncc(CNC2CCOC3(CCOCC3)C2)s1. The first-order valence-corrected chi connectivity index (χ1v) is 7.57. The van der Waals surface area contributed by atoms with E-state index in [1.807, 2.05) is 11.7 Å². The van der Waals surface area contributed by atoms with Gasteiger partial charge in [-0.05, 0) is 25.7 Å². The van der Waals surface area contributed by atoms with Gasteiger partial charge in [-0.1, -0.05) is 0 Å². The Kier molecular flexibility index (Phi) is 3.94. The molecule has 0 radical (unpaired) electrons. The van der Waals surface area contributed by atoms with E-state index < -0.39 is 0 Å². The van der Waals surface area contributed by atoms with Gasteiger partial charge in [0.25, 0.3) is 0 Å². The van der Waals surface area contributed by atoms with Gasteiger partial charge in [0.15, 0.2) is 0 Å². The highest BCUT2D eigenvalue weighted by Crippen LogP contribution is 2.34. The van der Waals surface area contributed by atoms with Gasteiger partial charge < -0.3 is 14.8 Å². The van der Waals surface area contributed by atoms with Crippen molar-refractivity contribution in [1.82, 2.24) is 10.3 Å². The van der Waals surface area contributed by atoms with Crippen LogP contribution in [-0.2, 0) is 16.0 Å². The lowest BCUT2D eigenvalue weighted by atomic mass is 9.84. The first-order chi connectivity index (χ1) is 8.86. The molecule has 100 valence electrons. The zero-order chi connectivity index (χ0) is 12.3. The van der Waals surface area contributed by atoms with E-state index in [-0.39, 0.29) is 5.60 Å². The molecule has 0 aromatic carbocycles. The monoisotopic (exact) mass is 268 g/mol. The van der Waals surface area contributed by atoms with Crippen LogP contribution in [0.2, 0.25) is 0 Å². The maximum atomic E-state index is 6.04. The molecule has 0 saturated carbocycles. The van der Waals surface area contributed by atoms with Crippen molar-refractivity contribution in [3.8, 4) is 0 Å². The summed E-state index contributed by atoms with van der Waals surface area (Å²) < 4.78 is 11.5. The normalized spacial score (nSPS) is 27.4. The fraction of sp³-hybridized carbons (Fsp3) is 0.769. The number of ether oxygens (including phenoxy) is 2. The van der Waals surface area contributed by atoms with Gasteiger partial charge in [0, 0.05) is 43.5 Å². The van der Waals surface area contributed by atoms with Crippen LogP contribution in [-0.4, -0.2) is 36.4 Å². The maximum Gasteiger partial charge on any atom is 0.0794 e. The second-order valence-corrected chi connectivity index (χ2v) is 6.15. The van der Waals surface area contributed by atoms with Crippen LogP contribution in [0.25, 0.3) is 0 Å². The van der Waals surface area contributed by atoms with Crippen molar-refractivity contribution in [2.45, 2.75) is 43.9 Å². The van der Waals surface area contributed by atoms with Crippen LogP contribution in [0.5, 0.6) is 0 Å². The van der Waals surface area contributed by atoms with Crippen molar-refractivity contribution in [3.63, 3.8) is 0 Å². The predicted octanol–water partition coefficient (Wildman–Crippen LogP) is 1.96. The summed E-state index contributed by atoms with van der Waals surface area (Å²) in [6.07, 6.45) is 6.27. The van der Waals surface area contributed by atoms with Crippen molar-refractivity contribution >= 4 is 11.3 Å². The van der Waals surface area contributed by atoms with Gasteiger partial charge in [0.1, 0.15) is 0 Å². The highest BCUT2D eigenvalue weighted by molar-refractivity contribution is 7.09. The Hall–Kier alpha value is -0.490. The molecule has 2 aliphatic rings. The molecule has 1 aromatic heterocycles. The summed E-state index contributed by atoms with van der Waals surface area (Å²) in [6, 6.07) is 0.568. The average molecular weight is 268 g/mol. The van der Waals surface area contributed by atoms with Crippen molar-refractivity contribution < 1.29 is 9.47 Å². The van der Waals surface area contributed by atoms with Crippen molar-refractivity contribution in [1.29, 1.82) is 0 Å². The molecule has 0 bridgehead atoms. The van der Waals surface area contributed by atoms with Gasteiger partial charge in [0.2, 0.25) is 0 Å². The number of nitrogens with one attached hydrogen (secondary N) is 1. The summed E-state index contributed by atoms with van der Waals surface area (Å²) in [5, 5.41) is 3.65. The maximum absolute atomic E-state index is 6.04. The van der Waals surface area contributed by atoms with Crippen molar-refractivity contribution in [2.24, 2.45) is 0 Å². The van der Waals surface area contributed by atoms with E-state index in [2.05, 4.69) is 10.3 Å². The molecule has 2 fully saturated rings. The minimum atomic E-state index is 0.0852. The van der Waals surface area contributed by atoms with E-state index in [9.17, 15) is 0 Å². The van der Waals surface area contributed by atoms with Crippen LogP contribution in [0.4, 0.5) is 0 Å². The lowest BCUT2D eigenvalue weighted by Gasteiger charge is -2.43. The van der Waals surface area contributed by atoms with E-state index in [1.54, 1.807) is 11.3 Å². The Bertz CT molecular complexity index is 358. The summed E-state index contributed by atoms with van der Waals surface area (Å²) in [4.78, 5) is 5.41. The Morgan fingerprint density at radius 2 is 2.28 bits per heavy atom. The summed E-state index contributed by atoms with van der Waals surface area (Å²) in [7, 11) is 0. The quantitative estimate of drug-likeness (QED) is 0.910. The number of hydrogen-bond acceptors (Lipinski definition) is 5. The van der Waals surface area contributed by atoms with Crippen molar-refractivity contribution in [2.75, 3.05) is 19.8 Å². The Morgan fingerprint density at radius 1 is 1.39 bits per heavy atom. The number of hydrogen-bond donors (Lipinski definition) is 1. The van der Waals surface area contributed by atoms with Gasteiger partial charge in [-0.2, -0.15) is 0 Å². The van der Waals surface area contributed by atoms with E-state index in [1.165, 1.54) is 4.88 Å². The van der Waals surface area contributed by atoms with Crippen LogP contribution in [0, 0.1) is 0 Å². The van der Waals surface area contributed by atoms with Gasteiger partial charge in [-0.25, -0.2) is 0 Å². The Labute approximate surface area is 112 Å². The summed E-state index contributed by atoms with van der Waals surface area (Å²) in [5.74, 6) is 0. The zero-order valence-corrected chi connectivity index (χ0v) is 11.4. The number of aromatic nitrogens is 1. The molecule has 1 spiro atoms. The minimum absolute atomic E-state index is 0.0852. The molecule has 0 amide bonds. The van der Waals surface area contributed by atoms with Gasteiger partial charge in [-0.15, -0.1) is 11.3 Å². The molecular weight excluding hydrogens is 248 g/mol.